The van der Waals surface area contributed by atoms with Crippen molar-refractivity contribution in [3.8, 4) is 0 Å². The molecule has 0 unspecified atom stereocenters. The highest BCUT2D eigenvalue weighted by molar-refractivity contribution is 6.25. The van der Waals surface area contributed by atoms with Gasteiger partial charge in [-0.25, -0.2) is 9.69 Å². The predicted octanol–water partition coefficient (Wildman–Crippen LogP) is 2.41. The molecule has 2 aromatic carbocycles. The lowest BCUT2D eigenvalue weighted by atomic mass is 10.1. The lowest BCUT2D eigenvalue weighted by Gasteiger charge is -2.20. The third-order valence-corrected chi connectivity index (χ3v) is 5.59. The fraction of sp³-hybridized carbons (Fsp3) is 0.304. The number of rotatable bonds is 6. The number of nitrogens with zero attached hydrogens (tertiary/aromatic N) is 4. The molecule has 2 atom stereocenters. The highest BCUT2D eigenvalue weighted by Gasteiger charge is 2.55. The van der Waals surface area contributed by atoms with E-state index in [-0.39, 0.29) is 13.2 Å². The number of carbonyl (C=O) groups excluding carboxylic acids is 4. The molecule has 0 radical (unpaired) electrons. The quantitative estimate of drug-likeness (QED) is 0.534. The van der Waals surface area contributed by atoms with E-state index < -0.39 is 35.8 Å². The van der Waals surface area contributed by atoms with Crippen LogP contribution in [-0.2, 0) is 19.1 Å². The van der Waals surface area contributed by atoms with Crippen LogP contribution >= 0.6 is 0 Å². The SMILES string of the molecule is CCOC(=O)c1ccc(NC(=O)CN2N=N[C@H]3C(=O)N(c4ccc(C)c(C)c4)C(=O)[C@H]32)cc1. The van der Waals surface area contributed by atoms with E-state index >= 15 is 0 Å². The molecule has 2 aromatic rings. The molecule has 1 fully saturated rings. The topological polar surface area (TPSA) is 121 Å². The normalized spacial score (nSPS) is 19.1. The van der Waals surface area contributed by atoms with Gasteiger partial charge in [-0.05, 0) is 68.3 Å². The van der Waals surface area contributed by atoms with Gasteiger partial charge >= 0.3 is 5.97 Å². The van der Waals surface area contributed by atoms with E-state index in [1.165, 1.54) is 5.01 Å². The van der Waals surface area contributed by atoms with E-state index in [0.717, 1.165) is 16.0 Å². The summed E-state index contributed by atoms with van der Waals surface area (Å²) >= 11 is 0. The average Bonchev–Trinajstić information content (AvgIpc) is 3.30. The van der Waals surface area contributed by atoms with Crippen molar-refractivity contribution in [3.63, 3.8) is 0 Å². The van der Waals surface area contributed by atoms with Crippen molar-refractivity contribution >= 4 is 35.1 Å². The summed E-state index contributed by atoms with van der Waals surface area (Å²) in [5.74, 6) is -1.82. The number of amides is 3. The van der Waals surface area contributed by atoms with Gasteiger partial charge in [0.25, 0.3) is 11.8 Å². The van der Waals surface area contributed by atoms with Crippen molar-refractivity contribution in [1.82, 2.24) is 5.01 Å². The number of hydrogen-bond donors (Lipinski definition) is 1. The number of anilines is 2. The average molecular weight is 449 g/mol. The lowest BCUT2D eigenvalue weighted by molar-refractivity contribution is -0.123. The number of ether oxygens (including phenoxy) is 1. The summed E-state index contributed by atoms with van der Waals surface area (Å²) < 4.78 is 4.93. The maximum Gasteiger partial charge on any atom is 0.338 e. The number of hydrogen-bond acceptors (Lipinski definition) is 8. The van der Waals surface area contributed by atoms with Crippen LogP contribution in [0.2, 0.25) is 0 Å². The summed E-state index contributed by atoms with van der Waals surface area (Å²) in [5, 5.41) is 11.7. The summed E-state index contributed by atoms with van der Waals surface area (Å²) in [6.45, 7) is 5.58. The lowest BCUT2D eigenvalue weighted by Crippen LogP contribution is -2.43. The van der Waals surface area contributed by atoms with E-state index in [0.29, 0.717) is 16.9 Å². The maximum absolute atomic E-state index is 13.1. The molecule has 4 rings (SSSR count). The molecular formula is C23H23N5O5. The molecule has 1 N–H and O–H groups in total. The standard InChI is InChI=1S/C23H23N5O5/c1-4-33-23(32)15-6-8-16(9-7-15)24-18(29)12-27-20-19(25-26-27)21(30)28(22(20)31)17-10-5-13(2)14(3)11-17/h5-11,19-20H,4,12H2,1-3H3,(H,24,29)/t19-,20+/m1/s1. The second kappa shape index (κ2) is 8.81. The number of imide groups is 1. The monoisotopic (exact) mass is 449 g/mol. The molecule has 1 saturated heterocycles. The van der Waals surface area contributed by atoms with Crippen LogP contribution in [0, 0.1) is 13.8 Å². The maximum atomic E-state index is 13.1. The van der Waals surface area contributed by atoms with Gasteiger partial charge in [-0.2, -0.15) is 5.11 Å². The minimum atomic E-state index is -0.976. The molecule has 10 heteroatoms. The third kappa shape index (κ3) is 4.19. The van der Waals surface area contributed by atoms with E-state index in [1.54, 1.807) is 43.3 Å². The Kier molecular flexibility index (Phi) is 5.91. The molecule has 0 bridgehead atoms. The van der Waals surface area contributed by atoms with Crippen LogP contribution in [0.25, 0.3) is 0 Å². The van der Waals surface area contributed by atoms with Gasteiger partial charge in [-0.15, -0.1) is 0 Å². The van der Waals surface area contributed by atoms with Crippen LogP contribution in [-0.4, -0.2) is 53.9 Å². The van der Waals surface area contributed by atoms with E-state index in [4.69, 9.17) is 4.74 Å². The van der Waals surface area contributed by atoms with Crippen molar-refractivity contribution in [2.45, 2.75) is 32.9 Å². The molecule has 0 saturated carbocycles. The number of fused-ring (bicyclic) bond motifs is 1. The Morgan fingerprint density at radius 3 is 2.42 bits per heavy atom. The van der Waals surface area contributed by atoms with Gasteiger partial charge in [0.1, 0.15) is 6.54 Å². The molecular weight excluding hydrogens is 426 g/mol. The van der Waals surface area contributed by atoms with Gasteiger partial charge in [-0.1, -0.05) is 11.3 Å². The molecule has 170 valence electrons. The minimum absolute atomic E-state index is 0.260. The molecule has 3 amide bonds. The van der Waals surface area contributed by atoms with Crippen molar-refractivity contribution in [1.29, 1.82) is 0 Å². The van der Waals surface area contributed by atoms with Gasteiger partial charge in [0.15, 0.2) is 12.1 Å². The number of benzene rings is 2. The Morgan fingerprint density at radius 1 is 1.03 bits per heavy atom. The molecule has 0 aliphatic carbocycles. The smallest absolute Gasteiger partial charge is 0.338 e. The van der Waals surface area contributed by atoms with E-state index in [9.17, 15) is 19.2 Å². The highest BCUT2D eigenvalue weighted by Crippen LogP contribution is 2.32. The summed E-state index contributed by atoms with van der Waals surface area (Å²) in [6.07, 6.45) is 0. The fourth-order valence-electron chi connectivity index (χ4n) is 3.72. The second-order valence-corrected chi connectivity index (χ2v) is 7.82. The molecule has 0 aromatic heterocycles. The summed E-state index contributed by atoms with van der Waals surface area (Å²) in [4.78, 5) is 51.3. The van der Waals surface area contributed by atoms with Gasteiger partial charge in [0.2, 0.25) is 5.91 Å². The molecule has 2 heterocycles. The zero-order chi connectivity index (χ0) is 23.7. The first-order valence-electron chi connectivity index (χ1n) is 10.5. The Hall–Kier alpha value is -4.08. The van der Waals surface area contributed by atoms with Crippen LogP contribution in [0.15, 0.2) is 52.8 Å². The number of esters is 1. The van der Waals surface area contributed by atoms with Crippen LogP contribution in [0.4, 0.5) is 11.4 Å². The number of nitrogens with one attached hydrogen (secondary N) is 1. The number of carbonyl (C=O) groups is 4. The molecule has 10 nitrogen and oxygen atoms in total. The Labute approximate surface area is 190 Å². The minimum Gasteiger partial charge on any atom is -0.462 e. The molecule has 0 spiro atoms. The number of aryl methyl sites for hydroxylation is 2. The first-order chi connectivity index (χ1) is 15.8. The fourth-order valence-corrected chi connectivity index (χ4v) is 3.72. The van der Waals surface area contributed by atoms with Crippen LogP contribution in [0.3, 0.4) is 0 Å². The summed E-state index contributed by atoms with van der Waals surface area (Å²) in [7, 11) is 0. The van der Waals surface area contributed by atoms with Gasteiger partial charge in [-0.3, -0.25) is 19.4 Å². The van der Waals surface area contributed by atoms with Crippen molar-refractivity contribution in [2.24, 2.45) is 10.3 Å². The van der Waals surface area contributed by atoms with Gasteiger partial charge in [0.05, 0.1) is 17.9 Å². The zero-order valence-electron chi connectivity index (χ0n) is 18.4. The van der Waals surface area contributed by atoms with Crippen LogP contribution in [0.1, 0.15) is 28.4 Å². The third-order valence-electron chi connectivity index (χ3n) is 5.59. The molecule has 2 aliphatic heterocycles. The molecule has 33 heavy (non-hydrogen) atoms. The first kappa shape index (κ1) is 22.1. The van der Waals surface area contributed by atoms with Crippen molar-refractivity contribution in [3.05, 3.63) is 59.2 Å². The van der Waals surface area contributed by atoms with Crippen molar-refractivity contribution < 1.29 is 23.9 Å². The first-order valence-corrected chi connectivity index (χ1v) is 10.5. The van der Waals surface area contributed by atoms with Crippen LogP contribution in [0.5, 0.6) is 0 Å². The van der Waals surface area contributed by atoms with Crippen molar-refractivity contribution in [2.75, 3.05) is 23.4 Å². The largest absolute Gasteiger partial charge is 0.462 e. The predicted molar refractivity (Wildman–Crippen MR) is 119 cm³/mol. The Balaban J connectivity index is 1.42. The molecule has 2 aliphatic rings. The highest BCUT2D eigenvalue weighted by atomic mass is 16.5. The summed E-state index contributed by atoms with van der Waals surface area (Å²) in [5.41, 5.74) is 3.31. The van der Waals surface area contributed by atoms with Crippen LogP contribution < -0.4 is 10.2 Å². The van der Waals surface area contributed by atoms with E-state index in [1.807, 2.05) is 19.9 Å². The second-order valence-electron chi connectivity index (χ2n) is 7.82. The Morgan fingerprint density at radius 2 is 1.76 bits per heavy atom. The summed E-state index contributed by atoms with van der Waals surface area (Å²) in [6, 6.07) is 9.63. The van der Waals surface area contributed by atoms with Gasteiger partial charge in [0, 0.05) is 5.69 Å². The Bertz CT molecular complexity index is 1160. The van der Waals surface area contributed by atoms with E-state index in [2.05, 4.69) is 15.7 Å². The van der Waals surface area contributed by atoms with Gasteiger partial charge < -0.3 is 10.1 Å². The zero-order valence-corrected chi connectivity index (χ0v) is 18.4.